The molecule has 0 saturated heterocycles. The van der Waals surface area contributed by atoms with Crippen molar-refractivity contribution in [2.75, 3.05) is 13.7 Å². The third kappa shape index (κ3) is 5.51. The Kier molecular flexibility index (Phi) is 7.60. The van der Waals surface area contributed by atoms with Gasteiger partial charge in [-0.2, -0.15) is 0 Å². The van der Waals surface area contributed by atoms with Crippen molar-refractivity contribution in [2.45, 2.75) is 16.7 Å². The number of rotatable bonds is 8. The van der Waals surface area contributed by atoms with Crippen LogP contribution in [0.5, 0.6) is 5.75 Å². The lowest BCUT2D eigenvalue weighted by atomic mass is 10.2. The molecule has 2 amide bonds. The minimum atomic E-state index is -3.95. The van der Waals surface area contributed by atoms with E-state index >= 15 is 0 Å². The maximum Gasteiger partial charge on any atom is 0.309 e. The van der Waals surface area contributed by atoms with E-state index in [1.807, 2.05) is 0 Å². The lowest BCUT2D eigenvalue weighted by molar-refractivity contribution is -0.139. The topological polar surface area (TPSA) is 102 Å². The van der Waals surface area contributed by atoms with Gasteiger partial charge in [0.25, 0.3) is 0 Å². The molecule has 1 heterocycles. The molecule has 0 fully saturated rings. The molecule has 3 aromatic rings. The molecular weight excluding hydrogens is 455 g/mol. The largest absolute Gasteiger partial charge is 0.496 e. The summed E-state index contributed by atoms with van der Waals surface area (Å²) in [5.41, 5.74) is 0.687. The van der Waals surface area contributed by atoms with Gasteiger partial charge in [-0.1, -0.05) is 24.3 Å². The first-order chi connectivity index (χ1) is 15.3. The fraction of sp³-hybridized carbons (Fsp3) is 0.182. The lowest BCUT2D eigenvalue weighted by Gasteiger charge is -2.17. The SMILES string of the molecule is COc1ccccc1CNC(=O)C(=O)NC[C@H](c1cccs1)S(=O)(=O)c1ccc(F)cc1. The van der Waals surface area contributed by atoms with Crippen LogP contribution in [0.15, 0.2) is 70.9 Å². The molecule has 0 saturated carbocycles. The highest BCUT2D eigenvalue weighted by molar-refractivity contribution is 7.91. The van der Waals surface area contributed by atoms with E-state index in [0.717, 1.165) is 12.1 Å². The number of sulfone groups is 1. The van der Waals surface area contributed by atoms with Crippen LogP contribution < -0.4 is 15.4 Å². The minimum absolute atomic E-state index is 0.0680. The second-order valence-electron chi connectivity index (χ2n) is 6.71. The Balaban J connectivity index is 1.69. The molecule has 0 radical (unpaired) electrons. The Morgan fingerprint density at radius 1 is 1.00 bits per heavy atom. The number of carbonyl (C=O) groups is 2. The fourth-order valence-electron chi connectivity index (χ4n) is 3.00. The Morgan fingerprint density at radius 2 is 1.69 bits per heavy atom. The summed E-state index contributed by atoms with van der Waals surface area (Å²) < 4.78 is 44.7. The van der Waals surface area contributed by atoms with E-state index in [9.17, 15) is 22.4 Å². The Labute approximate surface area is 189 Å². The molecule has 7 nitrogen and oxygen atoms in total. The molecule has 168 valence electrons. The van der Waals surface area contributed by atoms with E-state index in [2.05, 4.69) is 10.6 Å². The summed E-state index contributed by atoms with van der Waals surface area (Å²) in [6, 6.07) is 14.8. The number of hydrogen-bond donors (Lipinski definition) is 2. The molecule has 0 unspecified atom stereocenters. The second-order valence-corrected chi connectivity index (χ2v) is 9.82. The van der Waals surface area contributed by atoms with Gasteiger partial charge < -0.3 is 15.4 Å². The highest BCUT2D eigenvalue weighted by Crippen LogP contribution is 2.31. The third-order valence-electron chi connectivity index (χ3n) is 4.66. The number of thiophene rings is 1. The lowest BCUT2D eigenvalue weighted by Crippen LogP contribution is -2.42. The number of para-hydroxylation sites is 1. The average molecular weight is 477 g/mol. The van der Waals surface area contributed by atoms with Gasteiger partial charge >= 0.3 is 11.8 Å². The van der Waals surface area contributed by atoms with Crippen LogP contribution >= 0.6 is 11.3 Å². The molecule has 0 aliphatic carbocycles. The van der Waals surface area contributed by atoms with Crippen molar-refractivity contribution < 1.29 is 27.1 Å². The van der Waals surface area contributed by atoms with Crippen LogP contribution in [-0.2, 0) is 26.0 Å². The number of benzene rings is 2. The third-order valence-corrected chi connectivity index (χ3v) is 7.90. The molecule has 2 N–H and O–H groups in total. The number of nitrogens with one attached hydrogen (secondary N) is 2. The molecule has 10 heteroatoms. The maximum absolute atomic E-state index is 13.2. The van der Waals surface area contributed by atoms with Crippen molar-refractivity contribution in [3.05, 3.63) is 82.3 Å². The average Bonchev–Trinajstić information content (AvgIpc) is 3.32. The number of ether oxygens (including phenoxy) is 1. The van der Waals surface area contributed by atoms with Crippen LogP contribution in [0.3, 0.4) is 0 Å². The summed E-state index contributed by atoms with van der Waals surface area (Å²) in [6.45, 7) is -0.250. The Hall–Kier alpha value is -3.24. The summed E-state index contributed by atoms with van der Waals surface area (Å²) >= 11 is 1.21. The van der Waals surface area contributed by atoms with Crippen molar-refractivity contribution in [1.82, 2.24) is 10.6 Å². The highest BCUT2D eigenvalue weighted by atomic mass is 32.2. The maximum atomic E-state index is 13.2. The quantitative estimate of drug-likeness (QED) is 0.385. The zero-order chi connectivity index (χ0) is 23.1. The second kappa shape index (κ2) is 10.4. The number of methoxy groups -OCH3 is 1. The highest BCUT2D eigenvalue weighted by Gasteiger charge is 2.31. The summed E-state index contributed by atoms with van der Waals surface area (Å²) in [5, 5.41) is 5.47. The van der Waals surface area contributed by atoms with Crippen molar-refractivity contribution in [2.24, 2.45) is 0 Å². The predicted octanol–water partition coefficient (Wildman–Crippen LogP) is 2.84. The summed E-state index contributed by atoms with van der Waals surface area (Å²) in [7, 11) is -2.45. The molecule has 0 aliphatic heterocycles. The first-order valence-electron chi connectivity index (χ1n) is 9.53. The van der Waals surface area contributed by atoms with Gasteiger partial charge in [-0.15, -0.1) is 11.3 Å². The zero-order valence-electron chi connectivity index (χ0n) is 17.1. The van der Waals surface area contributed by atoms with Crippen LogP contribution in [0.4, 0.5) is 4.39 Å². The van der Waals surface area contributed by atoms with Gasteiger partial charge in [0.15, 0.2) is 9.84 Å². The van der Waals surface area contributed by atoms with Gasteiger partial charge in [0.1, 0.15) is 16.8 Å². The number of amides is 2. The van der Waals surface area contributed by atoms with E-state index in [1.54, 1.807) is 41.8 Å². The van der Waals surface area contributed by atoms with Crippen LogP contribution in [0, 0.1) is 5.82 Å². The van der Waals surface area contributed by atoms with E-state index in [-0.39, 0.29) is 18.0 Å². The van der Waals surface area contributed by atoms with E-state index in [0.29, 0.717) is 16.2 Å². The molecule has 1 atom stereocenters. The van der Waals surface area contributed by atoms with Gasteiger partial charge in [0, 0.05) is 23.5 Å². The summed E-state index contributed by atoms with van der Waals surface area (Å²) in [6.07, 6.45) is 0. The van der Waals surface area contributed by atoms with Crippen molar-refractivity contribution >= 4 is 33.0 Å². The van der Waals surface area contributed by atoms with E-state index in [1.165, 1.54) is 30.6 Å². The van der Waals surface area contributed by atoms with Gasteiger partial charge in [0.2, 0.25) is 0 Å². The van der Waals surface area contributed by atoms with Gasteiger partial charge in [-0.25, -0.2) is 12.8 Å². The monoisotopic (exact) mass is 476 g/mol. The molecule has 32 heavy (non-hydrogen) atoms. The molecular formula is C22H21FN2O5S2. The molecule has 0 bridgehead atoms. The first kappa shape index (κ1) is 23.4. The zero-order valence-corrected chi connectivity index (χ0v) is 18.7. The number of hydrogen-bond acceptors (Lipinski definition) is 6. The van der Waals surface area contributed by atoms with Crippen LogP contribution in [0.1, 0.15) is 15.7 Å². The van der Waals surface area contributed by atoms with Crippen molar-refractivity contribution in [3.63, 3.8) is 0 Å². The van der Waals surface area contributed by atoms with E-state index < -0.39 is 32.7 Å². The molecule has 1 aromatic heterocycles. The summed E-state index contributed by atoms with van der Waals surface area (Å²) in [5.74, 6) is -1.86. The molecule has 0 aliphatic rings. The van der Waals surface area contributed by atoms with Gasteiger partial charge in [0.05, 0.1) is 12.0 Å². The number of carbonyl (C=O) groups excluding carboxylic acids is 2. The number of halogens is 1. The Morgan fingerprint density at radius 3 is 2.34 bits per heavy atom. The normalized spacial score (nSPS) is 12.1. The molecule has 3 rings (SSSR count). The minimum Gasteiger partial charge on any atom is -0.496 e. The van der Waals surface area contributed by atoms with Crippen LogP contribution in [-0.4, -0.2) is 33.9 Å². The van der Waals surface area contributed by atoms with Crippen molar-refractivity contribution in [3.8, 4) is 5.75 Å². The van der Waals surface area contributed by atoms with Crippen LogP contribution in [0.2, 0.25) is 0 Å². The smallest absolute Gasteiger partial charge is 0.309 e. The summed E-state index contributed by atoms with van der Waals surface area (Å²) in [4.78, 5) is 24.9. The molecule has 0 spiro atoms. The van der Waals surface area contributed by atoms with Gasteiger partial charge in [-0.3, -0.25) is 9.59 Å². The first-order valence-corrected chi connectivity index (χ1v) is 12.0. The predicted molar refractivity (Wildman–Crippen MR) is 118 cm³/mol. The molecule has 2 aromatic carbocycles. The standard InChI is InChI=1S/C22H21FN2O5S2/c1-30-18-6-3-2-5-15(18)13-24-21(26)22(27)25-14-20(19-7-4-12-31-19)32(28,29)17-10-8-16(23)9-11-17/h2-12,20H,13-14H2,1H3,(H,24,26)(H,25,27)/t20-/m1/s1. The van der Waals surface area contributed by atoms with Crippen molar-refractivity contribution in [1.29, 1.82) is 0 Å². The van der Waals surface area contributed by atoms with Crippen LogP contribution in [0.25, 0.3) is 0 Å². The van der Waals surface area contributed by atoms with E-state index in [4.69, 9.17) is 4.74 Å². The fourth-order valence-corrected chi connectivity index (χ4v) is 5.78. The van der Waals surface area contributed by atoms with Gasteiger partial charge in [-0.05, 0) is 41.8 Å². The Bertz CT molecular complexity index is 1180.